The number of nitrogens with one attached hydrogen (secondary N) is 1. The third-order valence-corrected chi connectivity index (χ3v) is 6.25. The summed E-state index contributed by atoms with van der Waals surface area (Å²) in [6.45, 7) is 4.33. The summed E-state index contributed by atoms with van der Waals surface area (Å²) in [4.78, 5) is 28.7. The van der Waals surface area contributed by atoms with Gasteiger partial charge in [0.2, 0.25) is 11.8 Å². The molecule has 2 atom stereocenters. The molecule has 1 saturated carbocycles. The van der Waals surface area contributed by atoms with Crippen LogP contribution in [0.15, 0.2) is 17.5 Å². The Bertz CT molecular complexity index is 596. The predicted octanol–water partition coefficient (Wildman–Crippen LogP) is 3.09. The molecule has 25 heavy (non-hydrogen) atoms. The van der Waals surface area contributed by atoms with Crippen molar-refractivity contribution in [3.05, 3.63) is 22.4 Å². The maximum absolute atomic E-state index is 13.1. The fourth-order valence-corrected chi connectivity index (χ4v) is 4.53. The zero-order valence-corrected chi connectivity index (χ0v) is 15.9. The van der Waals surface area contributed by atoms with Gasteiger partial charge in [0.05, 0.1) is 13.0 Å². The molecule has 0 bridgehead atoms. The number of carbonyl (C=O) groups excluding carboxylic acids is 2. The lowest BCUT2D eigenvalue weighted by atomic mass is 9.90. The summed E-state index contributed by atoms with van der Waals surface area (Å²) < 4.78 is 6.13. The molecular weight excluding hydrogens is 336 g/mol. The van der Waals surface area contributed by atoms with E-state index in [9.17, 15) is 9.59 Å². The number of thiophene rings is 1. The van der Waals surface area contributed by atoms with Gasteiger partial charge in [-0.05, 0) is 50.5 Å². The summed E-state index contributed by atoms with van der Waals surface area (Å²) >= 11 is 1.58. The van der Waals surface area contributed by atoms with Gasteiger partial charge in [0.25, 0.3) is 0 Å². The number of carbonyl (C=O) groups is 2. The van der Waals surface area contributed by atoms with Crippen molar-refractivity contribution in [2.24, 2.45) is 0 Å². The maximum Gasteiger partial charge on any atom is 0.245 e. The maximum atomic E-state index is 13.1. The van der Waals surface area contributed by atoms with Crippen molar-refractivity contribution < 1.29 is 14.3 Å². The molecule has 0 aromatic carbocycles. The van der Waals surface area contributed by atoms with Crippen molar-refractivity contribution in [3.63, 3.8) is 0 Å². The van der Waals surface area contributed by atoms with E-state index < -0.39 is 11.8 Å². The molecule has 0 unspecified atom stereocenters. The van der Waals surface area contributed by atoms with Gasteiger partial charge in [-0.15, -0.1) is 11.3 Å². The SMILES string of the molecule is CC[C@H](C)NC(=O)[C@H]1COC2(CCCCC2)N1C(=O)Cc1cccs1. The van der Waals surface area contributed by atoms with Crippen molar-refractivity contribution in [1.29, 1.82) is 0 Å². The summed E-state index contributed by atoms with van der Waals surface area (Å²) in [7, 11) is 0. The van der Waals surface area contributed by atoms with E-state index in [2.05, 4.69) is 5.32 Å². The molecule has 1 aromatic heterocycles. The van der Waals surface area contributed by atoms with Crippen LogP contribution < -0.4 is 5.32 Å². The fraction of sp³-hybridized carbons (Fsp3) is 0.684. The topological polar surface area (TPSA) is 58.6 Å². The minimum Gasteiger partial charge on any atom is -0.353 e. The lowest BCUT2D eigenvalue weighted by molar-refractivity contribution is -0.159. The number of hydrogen-bond acceptors (Lipinski definition) is 4. The molecule has 1 spiro atoms. The van der Waals surface area contributed by atoms with Gasteiger partial charge in [-0.3, -0.25) is 14.5 Å². The zero-order chi connectivity index (χ0) is 17.9. The molecule has 1 aliphatic carbocycles. The highest BCUT2D eigenvalue weighted by atomic mass is 32.1. The van der Waals surface area contributed by atoms with Gasteiger partial charge in [-0.1, -0.05) is 19.4 Å². The molecule has 138 valence electrons. The van der Waals surface area contributed by atoms with Gasteiger partial charge in [0.15, 0.2) is 0 Å². The highest BCUT2D eigenvalue weighted by Gasteiger charge is 2.52. The highest BCUT2D eigenvalue weighted by molar-refractivity contribution is 7.10. The number of nitrogens with zero attached hydrogens (tertiary/aromatic N) is 1. The Balaban J connectivity index is 1.81. The molecule has 1 aromatic rings. The largest absolute Gasteiger partial charge is 0.353 e. The second kappa shape index (κ2) is 7.87. The molecule has 2 fully saturated rings. The van der Waals surface area contributed by atoms with Crippen molar-refractivity contribution >= 4 is 23.2 Å². The van der Waals surface area contributed by atoms with Gasteiger partial charge < -0.3 is 10.1 Å². The van der Waals surface area contributed by atoms with Crippen molar-refractivity contribution in [3.8, 4) is 0 Å². The van der Waals surface area contributed by atoms with E-state index in [1.165, 1.54) is 6.42 Å². The Morgan fingerprint density at radius 3 is 2.80 bits per heavy atom. The van der Waals surface area contributed by atoms with Crippen LogP contribution in [0, 0.1) is 0 Å². The second-order valence-electron chi connectivity index (χ2n) is 7.17. The zero-order valence-electron chi connectivity index (χ0n) is 15.1. The summed E-state index contributed by atoms with van der Waals surface area (Å²) in [5, 5.41) is 5.01. The van der Waals surface area contributed by atoms with Crippen LogP contribution >= 0.6 is 11.3 Å². The fourth-order valence-electron chi connectivity index (χ4n) is 3.83. The van der Waals surface area contributed by atoms with Crippen molar-refractivity contribution in [2.45, 2.75) is 76.6 Å². The number of ether oxygens (including phenoxy) is 1. The molecule has 1 N–H and O–H groups in total. The molecule has 5 nitrogen and oxygen atoms in total. The van der Waals surface area contributed by atoms with Crippen LogP contribution in [0.5, 0.6) is 0 Å². The van der Waals surface area contributed by atoms with Gasteiger partial charge >= 0.3 is 0 Å². The number of amides is 2. The Kier molecular flexibility index (Phi) is 5.79. The van der Waals surface area contributed by atoms with Crippen LogP contribution in [-0.4, -0.2) is 41.1 Å². The molecule has 2 amide bonds. The first-order chi connectivity index (χ1) is 12.1. The predicted molar refractivity (Wildman–Crippen MR) is 98.3 cm³/mol. The third-order valence-electron chi connectivity index (χ3n) is 5.37. The normalized spacial score (nSPS) is 23.6. The van der Waals surface area contributed by atoms with Gasteiger partial charge in [0, 0.05) is 10.9 Å². The molecular formula is C19H28N2O3S. The van der Waals surface area contributed by atoms with Gasteiger partial charge in [-0.25, -0.2) is 0 Å². The van der Waals surface area contributed by atoms with Crippen LogP contribution in [0.3, 0.4) is 0 Å². The summed E-state index contributed by atoms with van der Waals surface area (Å²) in [6.07, 6.45) is 6.13. The summed E-state index contributed by atoms with van der Waals surface area (Å²) in [6, 6.07) is 3.52. The third kappa shape index (κ3) is 3.90. The van der Waals surface area contributed by atoms with E-state index in [1.807, 2.05) is 31.4 Å². The minimum absolute atomic E-state index is 0.00570. The highest BCUT2D eigenvalue weighted by Crippen LogP contribution is 2.41. The first-order valence-electron chi connectivity index (χ1n) is 9.34. The smallest absolute Gasteiger partial charge is 0.245 e. The van der Waals surface area contributed by atoms with E-state index in [1.54, 1.807) is 16.2 Å². The minimum atomic E-state index is -0.579. The van der Waals surface area contributed by atoms with Crippen LogP contribution in [0.1, 0.15) is 57.2 Å². The molecule has 2 heterocycles. The number of hydrogen-bond donors (Lipinski definition) is 1. The summed E-state index contributed by atoms with van der Waals surface area (Å²) in [5.74, 6) is -0.0810. The van der Waals surface area contributed by atoms with E-state index in [-0.39, 0.29) is 17.9 Å². The van der Waals surface area contributed by atoms with Crippen molar-refractivity contribution in [2.75, 3.05) is 6.61 Å². The van der Waals surface area contributed by atoms with E-state index in [0.717, 1.165) is 37.0 Å². The first-order valence-corrected chi connectivity index (χ1v) is 10.2. The van der Waals surface area contributed by atoms with E-state index in [4.69, 9.17) is 4.74 Å². The summed E-state index contributed by atoms with van der Waals surface area (Å²) in [5.41, 5.74) is -0.579. The Morgan fingerprint density at radius 2 is 2.16 bits per heavy atom. The van der Waals surface area contributed by atoms with Crippen molar-refractivity contribution in [1.82, 2.24) is 10.2 Å². The average Bonchev–Trinajstić information content (AvgIpc) is 3.23. The van der Waals surface area contributed by atoms with Crippen LogP contribution in [0.4, 0.5) is 0 Å². The molecule has 1 saturated heterocycles. The molecule has 3 rings (SSSR count). The number of rotatable bonds is 5. The first kappa shape index (κ1) is 18.4. The van der Waals surface area contributed by atoms with E-state index in [0.29, 0.717) is 13.0 Å². The molecule has 6 heteroatoms. The Morgan fingerprint density at radius 1 is 1.40 bits per heavy atom. The standard InChI is InChI=1S/C19H28N2O3S/c1-3-14(2)20-18(23)16-13-24-19(9-5-4-6-10-19)21(16)17(22)12-15-8-7-11-25-15/h7-8,11,14,16H,3-6,9-10,12-13H2,1-2H3,(H,20,23)/t14-,16+/m0/s1. The lowest BCUT2D eigenvalue weighted by Crippen LogP contribution is -2.57. The Hall–Kier alpha value is -1.40. The van der Waals surface area contributed by atoms with Crippen LogP contribution in [0.2, 0.25) is 0 Å². The lowest BCUT2D eigenvalue weighted by Gasteiger charge is -2.41. The molecule has 2 aliphatic rings. The molecule has 0 radical (unpaired) electrons. The van der Waals surface area contributed by atoms with E-state index >= 15 is 0 Å². The van der Waals surface area contributed by atoms with Gasteiger partial charge in [0.1, 0.15) is 11.8 Å². The Labute approximate surface area is 153 Å². The quantitative estimate of drug-likeness (QED) is 0.873. The average molecular weight is 365 g/mol. The second-order valence-corrected chi connectivity index (χ2v) is 8.20. The van der Waals surface area contributed by atoms with Crippen LogP contribution in [0.25, 0.3) is 0 Å². The van der Waals surface area contributed by atoms with Crippen LogP contribution in [-0.2, 0) is 20.7 Å². The monoisotopic (exact) mass is 364 g/mol. The van der Waals surface area contributed by atoms with Gasteiger partial charge in [-0.2, -0.15) is 0 Å². The molecule has 1 aliphatic heterocycles.